The topological polar surface area (TPSA) is 80.5 Å². The second kappa shape index (κ2) is 9.27. The number of benzene rings is 1. The van der Waals surface area contributed by atoms with Crippen LogP contribution >= 0.6 is 11.8 Å². The van der Waals surface area contributed by atoms with Crippen molar-refractivity contribution in [3.8, 4) is 0 Å². The zero-order valence-corrected chi connectivity index (χ0v) is 16.8. The highest BCUT2D eigenvalue weighted by Gasteiger charge is 2.23. The Bertz CT molecular complexity index is 915. The van der Waals surface area contributed by atoms with Crippen LogP contribution in [0.15, 0.2) is 58.2 Å². The number of hydrogen-bond donors (Lipinski definition) is 1. The molecule has 0 spiro atoms. The number of aromatic nitrogens is 2. The Morgan fingerprint density at radius 3 is 2.61 bits per heavy atom. The van der Waals surface area contributed by atoms with Crippen molar-refractivity contribution in [2.45, 2.75) is 17.3 Å². The second-order valence-electron chi connectivity index (χ2n) is 6.15. The van der Waals surface area contributed by atoms with E-state index in [-0.39, 0.29) is 0 Å². The van der Waals surface area contributed by atoms with Crippen LogP contribution in [-0.2, 0) is 17.0 Å². The maximum absolute atomic E-state index is 12.5. The van der Waals surface area contributed by atoms with Crippen molar-refractivity contribution < 1.29 is 13.9 Å². The molecular weight excluding hydrogens is 376 g/mol. The summed E-state index contributed by atoms with van der Waals surface area (Å²) in [5.74, 6) is 1.84. The van der Waals surface area contributed by atoms with E-state index in [9.17, 15) is 4.79 Å². The van der Waals surface area contributed by atoms with Gasteiger partial charge in [-0.2, -0.15) is 4.98 Å². The van der Waals surface area contributed by atoms with Crippen molar-refractivity contribution in [2.24, 2.45) is 0 Å². The van der Waals surface area contributed by atoms with Gasteiger partial charge in [0.05, 0.1) is 19.9 Å². The van der Waals surface area contributed by atoms with E-state index < -0.39 is 5.97 Å². The number of nitrogens with one attached hydrogen (secondary N) is 1. The molecule has 0 atom stereocenters. The van der Waals surface area contributed by atoms with Gasteiger partial charge in [0.15, 0.2) is 0 Å². The third-order valence-corrected chi connectivity index (χ3v) is 4.93. The van der Waals surface area contributed by atoms with E-state index in [0.717, 1.165) is 11.3 Å². The van der Waals surface area contributed by atoms with Crippen LogP contribution in [0, 0.1) is 0 Å². The Morgan fingerprint density at radius 1 is 1.18 bits per heavy atom. The summed E-state index contributed by atoms with van der Waals surface area (Å²) in [6.45, 7) is 0.393. The van der Waals surface area contributed by atoms with Crippen molar-refractivity contribution in [1.29, 1.82) is 0 Å². The number of methoxy groups -OCH3 is 1. The highest BCUT2D eigenvalue weighted by molar-refractivity contribution is 7.98. The van der Waals surface area contributed by atoms with Gasteiger partial charge in [-0.05, 0) is 17.7 Å². The Kier molecular flexibility index (Phi) is 6.54. The number of esters is 1. The lowest BCUT2D eigenvalue weighted by atomic mass is 10.2. The average Bonchev–Trinajstić information content (AvgIpc) is 3.24. The molecule has 0 aliphatic rings. The fraction of sp³-hybridized carbons (Fsp3) is 0.250. The Hall–Kier alpha value is -3.00. The minimum atomic E-state index is -0.484. The minimum Gasteiger partial charge on any atom is -0.467 e. The summed E-state index contributed by atoms with van der Waals surface area (Å²) in [7, 11) is 5.06. The summed E-state index contributed by atoms with van der Waals surface area (Å²) in [4.78, 5) is 23.4. The van der Waals surface area contributed by atoms with Gasteiger partial charge < -0.3 is 19.4 Å². The van der Waals surface area contributed by atoms with Crippen molar-refractivity contribution >= 4 is 29.5 Å². The predicted molar refractivity (Wildman–Crippen MR) is 110 cm³/mol. The molecule has 0 saturated carbocycles. The number of nitrogens with zero attached hydrogens (tertiary/aromatic N) is 3. The number of carbonyl (C=O) groups is 1. The molecule has 2 heterocycles. The van der Waals surface area contributed by atoms with Crippen LogP contribution in [-0.4, -0.2) is 37.1 Å². The van der Waals surface area contributed by atoms with E-state index in [1.54, 1.807) is 11.2 Å². The summed E-state index contributed by atoms with van der Waals surface area (Å²) in [5.41, 5.74) is 1.46. The van der Waals surface area contributed by atoms with Gasteiger partial charge in [-0.1, -0.05) is 30.3 Å². The molecule has 0 fully saturated rings. The van der Waals surface area contributed by atoms with E-state index in [0.29, 0.717) is 34.7 Å². The van der Waals surface area contributed by atoms with Crippen molar-refractivity contribution in [1.82, 2.24) is 9.97 Å². The third kappa shape index (κ3) is 4.83. The van der Waals surface area contributed by atoms with Gasteiger partial charge in [-0.25, -0.2) is 9.78 Å². The normalized spacial score (nSPS) is 10.5. The summed E-state index contributed by atoms with van der Waals surface area (Å²) in [5, 5.41) is 3.75. The smallest absolute Gasteiger partial charge is 0.344 e. The standard InChI is InChI=1S/C20H22N4O3S/c1-24(2)20-22-17(21-12-15-10-7-11-27-15)16(19(25)26-3)18(23-20)28-13-14-8-5-4-6-9-14/h4-11H,12-13H2,1-3H3,(H,21,22,23). The SMILES string of the molecule is COC(=O)c1c(NCc2ccco2)nc(N(C)C)nc1SCc1ccccc1. The molecule has 0 bridgehead atoms. The van der Waals surface area contributed by atoms with Gasteiger partial charge in [0, 0.05) is 19.8 Å². The molecule has 146 valence electrons. The number of ether oxygens (including phenoxy) is 1. The fourth-order valence-electron chi connectivity index (χ4n) is 2.46. The van der Waals surface area contributed by atoms with Crippen LogP contribution in [0.25, 0.3) is 0 Å². The van der Waals surface area contributed by atoms with Gasteiger partial charge >= 0.3 is 5.97 Å². The molecule has 1 aromatic carbocycles. The molecule has 0 amide bonds. The average molecular weight is 398 g/mol. The van der Waals surface area contributed by atoms with Crippen LogP contribution in [0.1, 0.15) is 21.7 Å². The summed E-state index contributed by atoms with van der Waals surface area (Å²) < 4.78 is 10.4. The molecule has 8 heteroatoms. The lowest BCUT2D eigenvalue weighted by molar-refractivity contribution is 0.0596. The van der Waals surface area contributed by atoms with Crippen molar-refractivity contribution in [2.75, 3.05) is 31.4 Å². The third-order valence-electron chi connectivity index (χ3n) is 3.88. The summed E-state index contributed by atoms with van der Waals surface area (Å²) in [6.07, 6.45) is 1.60. The van der Waals surface area contributed by atoms with Crippen LogP contribution in [0.3, 0.4) is 0 Å². The van der Waals surface area contributed by atoms with E-state index in [4.69, 9.17) is 9.15 Å². The fourth-order valence-corrected chi connectivity index (χ4v) is 3.42. The van der Waals surface area contributed by atoms with E-state index in [1.807, 2.05) is 56.6 Å². The molecule has 3 rings (SSSR count). The molecule has 7 nitrogen and oxygen atoms in total. The van der Waals surface area contributed by atoms with Crippen LogP contribution in [0.2, 0.25) is 0 Å². The summed E-state index contributed by atoms with van der Waals surface area (Å²) in [6, 6.07) is 13.7. The first kappa shape index (κ1) is 19.8. The van der Waals surface area contributed by atoms with Crippen LogP contribution in [0.5, 0.6) is 0 Å². The molecule has 2 aromatic heterocycles. The van der Waals surface area contributed by atoms with Crippen molar-refractivity contribution in [3.63, 3.8) is 0 Å². The van der Waals surface area contributed by atoms with Gasteiger partial charge in [0.25, 0.3) is 0 Å². The van der Waals surface area contributed by atoms with E-state index in [2.05, 4.69) is 15.3 Å². The van der Waals surface area contributed by atoms with Gasteiger partial charge in [-0.15, -0.1) is 11.8 Å². The molecule has 0 radical (unpaired) electrons. The quantitative estimate of drug-likeness (QED) is 0.348. The van der Waals surface area contributed by atoms with Gasteiger partial charge in [-0.3, -0.25) is 0 Å². The maximum atomic E-state index is 12.5. The highest BCUT2D eigenvalue weighted by atomic mass is 32.2. The highest BCUT2D eigenvalue weighted by Crippen LogP contribution is 2.31. The molecule has 3 aromatic rings. The minimum absolute atomic E-state index is 0.320. The summed E-state index contributed by atoms with van der Waals surface area (Å²) >= 11 is 1.47. The number of rotatable bonds is 8. The van der Waals surface area contributed by atoms with Gasteiger partial charge in [0.1, 0.15) is 22.2 Å². The lowest BCUT2D eigenvalue weighted by Crippen LogP contribution is -2.18. The van der Waals surface area contributed by atoms with Crippen molar-refractivity contribution in [3.05, 3.63) is 65.6 Å². The number of carbonyl (C=O) groups excluding carboxylic acids is 1. The lowest BCUT2D eigenvalue weighted by Gasteiger charge is -2.17. The molecule has 0 aliphatic heterocycles. The maximum Gasteiger partial charge on any atom is 0.344 e. The first-order chi connectivity index (χ1) is 13.6. The molecule has 0 unspecified atom stereocenters. The Labute approximate surface area is 168 Å². The number of thioether (sulfide) groups is 1. The monoisotopic (exact) mass is 398 g/mol. The zero-order valence-electron chi connectivity index (χ0n) is 16.0. The van der Waals surface area contributed by atoms with E-state index in [1.165, 1.54) is 18.9 Å². The Morgan fingerprint density at radius 2 is 1.96 bits per heavy atom. The molecular formula is C20H22N4O3S. The van der Waals surface area contributed by atoms with Gasteiger partial charge in [0.2, 0.25) is 5.95 Å². The van der Waals surface area contributed by atoms with Crippen LogP contribution < -0.4 is 10.2 Å². The Balaban J connectivity index is 1.95. The number of furan rings is 1. The first-order valence-electron chi connectivity index (χ1n) is 8.69. The molecule has 28 heavy (non-hydrogen) atoms. The first-order valence-corrected chi connectivity index (χ1v) is 9.67. The predicted octanol–water partition coefficient (Wildman–Crippen LogP) is 3.83. The molecule has 0 aliphatic carbocycles. The zero-order chi connectivity index (χ0) is 19.9. The largest absolute Gasteiger partial charge is 0.467 e. The number of hydrogen-bond acceptors (Lipinski definition) is 8. The molecule has 1 N–H and O–H groups in total. The van der Waals surface area contributed by atoms with E-state index >= 15 is 0 Å². The number of anilines is 2. The van der Waals surface area contributed by atoms with Crippen LogP contribution in [0.4, 0.5) is 11.8 Å². The molecule has 0 saturated heterocycles. The second-order valence-corrected chi connectivity index (χ2v) is 7.11.